The van der Waals surface area contributed by atoms with E-state index in [-0.39, 0.29) is 0 Å². The largest absolute Gasteiger partial charge is 0.383 e. The molecule has 0 aromatic carbocycles. The van der Waals surface area contributed by atoms with E-state index in [9.17, 15) is 4.79 Å². The fourth-order valence-corrected chi connectivity index (χ4v) is 2.62. The lowest BCUT2D eigenvalue weighted by atomic mass is 9.89. The zero-order valence-corrected chi connectivity index (χ0v) is 12.0. The van der Waals surface area contributed by atoms with E-state index in [1.807, 2.05) is 16.8 Å². The van der Waals surface area contributed by atoms with Gasteiger partial charge in [0.05, 0.1) is 6.61 Å². The van der Waals surface area contributed by atoms with E-state index in [2.05, 4.69) is 0 Å². The number of ether oxygens (including phenoxy) is 1. The first kappa shape index (κ1) is 15.2. The zero-order chi connectivity index (χ0) is 13.5. The Morgan fingerprint density at radius 3 is 2.39 bits per heavy atom. The van der Waals surface area contributed by atoms with Gasteiger partial charge >= 0.3 is 0 Å². The molecule has 0 aromatic rings. The number of carbonyl (C=O) groups is 1. The van der Waals surface area contributed by atoms with E-state index in [1.54, 1.807) is 7.11 Å². The van der Waals surface area contributed by atoms with Crippen molar-refractivity contribution in [1.29, 1.82) is 0 Å². The average molecular weight is 273 g/mol. The normalized spacial score (nSPS) is 23.4. The van der Waals surface area contributed by atoms with Gasteiger partial charge in [0, 0.05) is 32.8 Å². The van der Waals surface area contributed by atoms with Gasteiger partial charge in [-0.3, -0.25) is 4.79 Å². The topological polar surface area (TPSA) is 58.8 Å². The number of methoxy groups -OCH3 is 1. The molecule has 1 fully saturated rings. The monoisotopic (exact) mass is 273 g/mol. The molecule has 0 radical (unpaired) electrons. The number of nitrogens with zero attached hydrogens (tertiary/aromatic N) is 2. The lowest BCUT2D eigenvalue weighted by Crippen LogP contribution is -2.46. The highest BCUT2D eigenvalue weighted by atomic mass is 32.1. The summed E-state index contributed by atoms with van der Waals surface area (Å²) in [5.74, 6) is 0. The molecule has 1 aliphatic rings. The second-order valence-corrected chi connectivity index (χ2v) is 5.17. The Morgan fingerprint density at radius 2 is 1.94 bits per heavy atom. The molecule has 0 spiro atoms. The molecule has 1 amide bonds. The molecule has 0 aromatic heterocycles. The average Bonchev–Trinajstić information content (AvgIpc) is 2.39. The molecular weight excluding hydrogens is 250 g/mol. The van der Waals surface area contributed by atoms with Crippen LogP contribution in [-0.2, 0) is 9.53 Å². The summed E-state index contributed by atoms with van der Waals surface area (Å²) in [5.41, 5.74) is 5.63. The van der Waals surface area contributed by atoms with Crippen LogP contribution in [0.3, 0.4) is 0 Å². The predicted molar refractivity (Wildman–Crippen MR) is 75.2 cm³/mol. The molecule has 0 atom stereocenters. The highest BCUT2D eigenvalue weighted by molar-refractivity contribution is 7.80. The summed E-state index contributed by atoms with van der Waals surface area (Å²) >= 11 is 4.98. The van der Waals surface area contributed by atoms with Crippen LogP contribution in [0.2, 0.25) is 0 Å². The number of amides is 1. The van der Waals surface area contributed by atoms with Crippen molar-refractivity contribution in [3.63, 3.8) is 0 Å². The first-order chi connectivity index (χ1) is 8.60. The molecule has 0 heterocycles. The molecule has 1 rings (SSSR count). The summed E-state index contributed by atoms with van der Waals surface area (Å²) in [6.07, 6.45) is 4.98. The molecule has 104 valence electrons. The van der Waals surface area contributed by atoms with Crippen LogP contribution in [0.25, 0.3) is 0 Å². The minimum Gasteiger partial charge on any atom is -0.383 e. The fourth-order valence-electron chi connectivity index (χ4n) is 2.48. The standard InChI is InChI=1S/C12H23N3O2S/c1-14(12(13)18)10-3-5-11(6-4-10)15(9-16)7-8-17-2/h9-11H,3-8H2,1-2H3,(H2,13,18). The molecule has 6 heteroatoms. The van der Waals surface area contributed by atoms with E-state index >= 15 is 0 Å². The van der Waals surface area contributed by atoms with E-state index in [0.717, 1.165) is 32.1 Å². The molecule has 1 saturated carbocycles. The number of carbonyl (C=O) groups excluding carboxylic acids is 1. The van der Waals surface area contributed by atoms with Gasteiger partial charge in [-0.1, -0.05) is 0 Å². The van der Waals surface area contributed by atoms with Gasteiger partial charge in [-0.25, -0.2) is 0 Å². The zero-order valence-electron chi connectivity index (χ0n) is 11.2. The van der Waals surface area contributed by atoms with Gasteiger partial charge in [-0.15, -0.1) is 0 Å². The Bertz CT molecular complexity index is 280. The second-order valence-electron chi connectivity index (χ2n) is 4.75. The van der Waals surface area contributed by atoms with Gasteiger partial charge in [0.1, 0.15) is 0 Å². The van der Waals surface area contributed by atoms with E-state index in [1.165, 1.54) is 0 Å². The SMILES string of the molecule is COCCN(C=O)C1CCC(N(C)C(N)=S)CC1. The third-order valence-corrected chi connectivity index (χ3v) is 4.01. The molecular formula is C12H23N3O2S. The smallest absolute Gasteiger partial charge is 0.210 e. The van der Waals surface area contributed by atoms with Crippen LogP contribution >= 0.6 is 12.2 Å². The maximum Gasteiger partial charge on any atom is 0.210 e. The van der Waals surface area contributed by atoms with Crippen LogP contribution in [0.1, 0.15) is 25.7 Å². The summed E-state index contributed by atoms with van der Waals surface area (Å²) in [5, 5.41) is 0.449. The number of rotatable bonds is 6. The fraction of sp³-hybridized carbons (Fsp3) is 0.833. The quantitative estimate of drug-likeness (QED) is 0.566. The summed E-state index contributed by atoms with van der Waals surface area (Å²) in [6, 6.07) is 0.739. The van der Waals surface area contributed by atoms with Crippen molar-refractivity contribution in [1.82, 2.24) is 9.80 Å². The Hall–Kier alpha value is -0.880. The van der Waals surface area contributed by atoms with Gasteiger partial charge in [0.2, 0.25) is 6.41 Å². The molecule has 18 heavy (non-hydrogen) atoms. The molecule has 0 saturated heterocycles. The third kappa shape index (κ3) is 4.10. The van der Waals surface area contributed by atoms with E-state index in [0.29, 0.717) is 30.3 Å². The summed E-state index contributed by atoms with van der Waals surface area (Å²) in [4.78, 5) is 14.9. The Kier molecular flexibility index (Phi) is 6.35. The van der Waals surface area contributed by atoms with Crippen LogP contribution in [-0.4, -0.2) is 60.7 Å². The first-order valence-corrected chi connectivity index (χ1v) is 6.73. The number of nitrogens with two attached hydrogens (primary N) is 1. The Balaban J connectivity index is 2.42. The number of hydrogen-bond acceptors (Lipinski definition) is 3. The summed E-state index contributed by atoms with van der Waals surface area (Å²) < 4.78 is 5.01. The first-order valence-electron chi connectivity index (χ1n) is 6.32. The minimum atomic E-state index is 0.327. The molecule has 0 aliphatic heterocycles. The molecule has 1 aliphatic carbocycles. The van der Waals surface area contributed by atoms with Crippen molar-refractivity contribution < 1.29 is 9.53 Å². The van der Waals surface area contributed by atoms with Crippen LogP contribution in [0.4, 0.5) is 0 Å². The van der Waals surface area contributed by atoms with Crippen molar-refractivity contribution in [2.75, 3.05) is 27.3 Å². The summed E-state index contributed by atoms with van der Waals surface area (Å²) in [7, 11) is 3.59. The van der Waals surface area contributed by atoms with Gasteiger partial charge < -0.3 is 20.3 Å². The van der Waals surface area contributed by atoms with Crippen LogP contribution in [0, 0.1) is 0 Å². The molecule has 0 bridgehead atoms. The number of thiocarbonyl (C=S) groups is 1. The van der Waals surface area contributed by atoms with Crippen molar-refractivity contribution in [3.05, 3.63) is 0 Å². The van der Waals surface area contributed by atoms with Crippen LogP contribution in [0.15, 0.2) is 0 Å². The Labute approximate surface area is 114 Å². The highest BCUT2D eigenvalue weighted by Gasteiger charge is 2.27. The van der Waals surface area contributed by atoms with Crippen LogP contribution < -0.4 is 5.73 Å². The molecule has 0 unspecified atom stereocenters. The van der Waals surface area contributed by atoms with Crippen molar-refractivity contribution in [3.8, 4) is 0 Å². The van der Waals surface area contributed by atoms with Gasteiger partial charge in [0.25, 0.3) is 0 Å². The van der Waals surface area contributed by atoms with E-state index in [4.69, 9.17) is 22.7 Å². The van der Waals surface area contributed by atoms with Crippen molar-refractivity contribution in [2.45, 2.75) is 37.8 Å². The molecule has 5 nitrogen and oxygen atoms in total. The van der Waals surface area contributed by atoms with Gasteiger partial charge in [-0.2, -0.15) is 0 Å². The molecule has 2 N–H and O–H groups in total. The predicted octanol–water partition coefficient (Wildman–Crippen LogP) is 0.578. The third-order valence-electron chi connectivity index (χ3n) is 3.72. The lowest BCUT2D eigenvalue weighted by Gasteiger charge is -2.38. The van der Waals surface area contributed by atoms with E-state index < -0.39 is 0 Å². The maximum absolute atomic E-state index is 11.1. The van der Waals surface area contributed by atoms with Crippen LogP contribution in [0.5, 0.6) is 0 Å². The lowest BCUT2D eigenvalue weighted by molar-refractivity contribution is -0.121. The van der Waals surface area contributed by atoms with Gasteiger partial charge in [-0.05, 0) is 37.9 Å². The minimum absolute atomic E-state index is 0.327. The second kappa shape index (κ2) is 7.53. The number of hydrogen-bond donors (Lipinski definition) is 1. The Morgan fingerprint density at radius 1 is 1.39 bits per heavy atom. The van der Waals surface area contributed by atoms with Crippen molar-refractivity contribution in [2.24, 2.45) is 5.73 Å². The van der Waals surface area contributed by atoms with Crippen molar-refractivity contribution >= 4 is 23.7 Å². The summed E-state index contributed by atoms with van der Waals surface area (Å²) in [6.45, 7) is 1.26. The highest BCUT2D eigenvalue weighted by Crippen LogP contribution is 2.25. The maximum atomic E-state index is 11.1. The van der Waals surface area contributed by atoms with Gasteiger partial charge in [0.15, 0.2) is 5.11 Å².